The number of rotatable bonds is 44. The lowest BCUT2D eigenvalue weighted by Crippen LogP contribution is -2.58. The van der Waals surface area contributed by atoms with E-state index in [-0.39, 0.29) is 0 Å². The first kappa shape index (κ1) is 60.5. The highest BCUT2D eigenvalue weighted by atomic mass is 15.3. The minimum absolute atomic E-state index is 0.689. The van der Waals surface area contributed by atoms with E-state index in [0.717, 1.165) is 0 Å². The third-order valence-electron chi connectivity index (χ3n) is 15.5. The molecule has 0 radical (unpaired) electrons. The van der Waals surface area contributed by atoms with Gasteiger partial charge in [0.25, 0.3) is 0 Å². The predicted molar refractivity (Wildman–Crippen MR) is 297 cm³/mol. The van der Waals surface area contributed by atoms with E-state index >= 15 is 0 Å². The Morgan fingerprint density at radius 2 is 0.469 bits per heavy atom. The van der Waals surface area contributed by atoms with Crippen molar-refractivity contribution in [1.82, 2.24) is 0 Å². The van der Waals surface area contributed by atoms with E-state index in [1.165, 1.54) is 286 Å². The van der Waals surface area contributed by atoms with Gasteiger partial charge in [-0.25, -0.2) is 10.9 Å². The quantitative estimate of drug-likeness (QED) is 0.0353. The van der Waals surface area contributed by atoms with E-state index in [9.17, 15) is 0 Å². The molecule has 0 aliphatic heterocycles. The molecule has 0 saturated heterocycles. The lowest BCUT2D eigenvalue weighted by Gasteiger charge is -2.43. The van der Waals surface area contributed by atoms with Crippen LogP contribution >= 0.6 is 0 Å². The summed E-state index contributed by atoms with van der Waals surface area (Å²) >= 11 is 0. The molecule has 2 aromatic rings. The number of hydrogen-bond donors (Lipinski definition) is 0. The first-order chi connectivity index (χ1) is 31.4. The monoisotopic (exact) mass is 886 g/mol. The number of benzene rings is 2. The molecule has 0 atom stereocenters. The van der Waals surface area contributed by atoms with E-state index in [0.29, 0.717) is 0 Å². The van der Waals surface area contributed by atoms with Gasteiger partial charge in [-0.1, -0.05) is 281 Å². The van der Waals surface area contributed by atoms with Gasteiger partial charge in [0.15, 0.2) is 0 Å². The molecule has 2 heteroatoms. The molecule has 0 N–H and O–H groups in total. The van der Waals surface area contributed by atoms with Gasteiger partial charge in [-0.2, -0.15) is 12.6 Å². The van der Waals surface area contributed by atoms with Crippen molar-refractivity contribution in [2.75, 3.05) is 26.2 Å². The van der Waals surface area contributed by atoms with Gasteiger partial charge >= 0.3 is 0 Å². The highest BCUT2D eigenvalue weighted by molar-refractivity contribution is 7.02. The van der Waals surface area contributed by atoms with Crippen LogP contribution in [0.15, 0.2) is 48.5 Å². The average Bonchev–Trinajstić information content (AvgIpc) is 3.30. The lowest BCUT2D eigenvalue weighted by molar-refractivity contribution is -0.929. The van der Waals surface area contributed by atoms with Crippen LogP contribution in [-0.4, -0.2) is 36.8 Å². The second kappa shape index (κ2) is 42.8. The first-order valence-electron chi connectivity index (χ1n) is 29.5. The molecule has 0 aliphatic carbocycles. The van der Waals surface area contributed by atoms with Gasteiger partial charge in [0.2, 0.25) is 0 Å². The van der Waals surface area contributed by atoms with Gasteiger partial charge in [-0.15, -0.1) is 0 Å². The molecule has 1 nitrogen and oxygen atoms in total. The van der Waals surface area contributed by atoms with Gasteiger partial charge in [0.05, 0.1) is 32.3 Å². The maximum atomic E-state index is 2.45. The SMILES string of the molecule is CCCCCCCC[B-](CCCCCCCC)(c1ccc(C)cc1)c1ccc(C)cc1.CCCCCCCC[N+](CCCCCCCC)(CCCCCCCC)CCCCCCCC. The van der Waals surface area contributed by atoms with Crippen LogP contribution in [0.5, 0.6) is 0 Å². The molecule has 0 bridgehead atoms. The van der Waals surface area contributed by atoms with Crippen molar-refractivity contribution in [1.29, 1.82) is 0 Å². The summed E-state index contributed by atoms with van der Waals surface area (Å²) in [4.78, 5) is 0. The maximum absolute atomic E-state index is 2.45. The van der Waals surface area contributed by atoms with Gasteiger partial charge < -0.3 is 4.48 Å². The molecule has 0 unspecified atom stereocenters. The number of unbranched alkanes of at least 4 members (excludes halogenated alkanes) is 30. The van der Waals surface area contributed by atoms with Gasteiger partial charge in [0, 0.05) is 0 Å². The van der Waals surface area contributed by atoms with Crippen LogP contribution in [0, 0.1) is 13.8 Å². The van der Waals surface area contributed by atoms with Crippen LogP contribution in [-0.2, 0) is 0 Å². The number of hydrogen-bond acceptors (Lipinski definition) is 0. The molecule has 0 aliphatic rings. The highest BCUT2D eigenvalue weighted by Crippen LogP contribution is 2.26. The Morgan fingerprint density at radius 3 is 0.703 bits per heavy atom. The first-order valence-corrected chi connectivity index (χ1v) is 29.5. The van der Waals surface area contributed by atoms with E-state index in [1.807, 2.05) is 0 Å². The van der Waals surface area contributed by atoms with E-state index in [1.54, 1.807) is 10.9 Å². The van der Waals surface area contributed by atoms with Crippen molar-refractivity contribution < 1.29 is 4.48 Å². The summed E-state index contributed by atoms with van der Waals surface area (Å²) in [5.74, 6) is 0. The van der Waals surface area contributed by atoms with Crippen molar-refractivity contribution in [3.8, 4) is 0 Å². The Bertz CT molecular complexity index is 1100. The molecule has 372 valence electrons. The normalized spacial score (nSPS) is 11.9. The lowest BCUT2D eigenvalue weighted by atomic mass is 9.15. The number of quaternary nitrogens is 1. The second-order valence-electron chi connectivity index (χ2n) is 21.5. The van der Waals surface area contributed by atoms with Crippen molar-refractivity contribution in [3.63, 3.8) is 0 Å². The third-order valence-corrected chi connectivity index (χ3v) is 15.5. The van der Waals surface area contributed by atoms with Crippen molar-refractivity contribution in [3.05, 3.63) is 59.7 Å². The fourth-order valence-electron chi connectivity index (χ4n) is 11.0. The zero-order chi connectivity index (χ0) is 46.7. The van der Waals surface area contributed by atoms with Gasteiger partial charge in [-0.05, 0) is 65.2 Å². The summed E-state index contributed by atoms with van der Waals surface area (Å²) in [6.45, 7) is 24.3. The van der Waals surface area contributed by atoms with Crippen LogP contribution < -0.4 is 10.9 Å². The molecule has 0 saturated carbocycles. The third kappa shape index (κ3) is 30.0. The van der Waals surface area contributed by atoms with E-state index < -0.39 is 6.15 Å². The minimum atomic E-state index is -0.689. The van der Waals surface area contributed by atoms with Crippen LogP contribution in [0.2, 0.25) is 12.6 Å². The standard InChI is InChI=1S/C32H68N.C30H48B/c1-5-9-13-17-21-25-29-33(30-26-22-18-14-10-6-2,31-27-23-19-15-11-7-3)32-28-24-20-16-12-8-4;1-5-7-9-11-13-15-25-31(26-16-14-12-10-8-6-2,29-21-17-27(3)18-22-29)30-23-19-28(4)20-24-30/h5-32H2,1-4H3;17-24H,5-16,25-26H2,1-4H3/q+1;-1. The van der Waals surface area contributed by atoms with Crippen LogP contribution in [0.1, 0.15) is 284 Å². The Morgan fingerprint density at radius 1 is 0.266 bits per heavy atom. The van der Waals surface area contributed by atoms with Crippen LogP contribution in [0.4, 0.5) is 0 Å². The molecule has 0 heterocycles. The summed E-state index contributed by atoms with van der Waals surface area (Å²) < 4.78 is 1.48. The van der Waals surface area contributed by atoms with E-state index in [2.05, 4.69) is 104 Å². The molecular formula is C62H116BN. The molecule has 64 heavy (non-hydrogen) atoms. The molecule has 0 aromatic heterocycles. The second-order valence-corrected chi connectivity index (χ2v) is 21.5. The summed E-state index contributed by atoms with van der Waals surface area (Å²) in [6.07, 6.45) is 53.3. The largest absolute Gasteiger partial charge is 0.324 e. The summed E-state index contributed by atoms with van der Waals surface area (Å²) in [5.41, 5.74) is 5.93. The minimum Gasteiger partial charge on any atom is -0.324 e. The molecular weight excluding hydrogens is 770 g/mol. The molecule has 2 aromatic carbocycles. The fourth-order valence-corrected chi connectivity index (χ4v) is 11.0. The Hall–Kier alpha value is -1.54. The van der Waals surface area contributed by atoms with Crippen molar-refractivity contribution in [2.24, 2.45) is 0 Å². The van der Waals surface area contributed by atoms with E-state index in [4.69, 9.17) is 0 Å². The molecule has 0 fully saturated rings. The topological polar surface area (TPSA) is 0 Å². The Balaban J connectivity index is 0.000000641. The predicted octanol–water partition coefficient (Wildman–Crippen LogP) is 19.8. The molecule has 0 amide bonds. The summed E-state index contributed by atoms with van der Waals surface area (Å²) in [5, 5.41) is 0. The zero-order valence-electron chi connectivity index (χ0n) is 45.3. The highest BCUT2D eigenvalue weighted by Gasteiger charge is 2.28. The van der Waals surface area contributed by atoms with Crippen molar-refractivity contribution >= 4 is 17.1 Å². The zero-order valence-corrected chi connectivity index (χ0v) is 45.3. The maximum Gasteiger partial charge on any atom is 0.0786 e. The molecule has 0 spiro atoms. The Kier molecular flexibility index (Phi) is 40.4. The number of nitrogens with zero attached hydrogens (tertiary/aromatic N) is 1. The average molecular weight is 886 g/mol. The summed E-state index contributed by atoms with van der Waals surface area (Å²) in [7, 11) is 0. The fraction of sp³-hybridized carbons (Fsp3) is 0.806. The molecule has 2 rings (SSSR count). The smallest absolute Gasteiger partial charge is 0.0786 e. The summed E-state index contributed by atoms with van der Waals surface area (Å²) in [6, 6.07) is 19.1. The number of aryl methyl sites for hydroxylation is 2. The Labute approximate surface area is 404 Å². The van der Waals surface area contributed by atoms with Gasteiger partial charge in [0.1, 0.15) is 0 Å². The van der Waals surface area contributed by atoms with Crippen LogP contribution in [0.3, 0.4) is 0 Å². The van der Waals surface area contributed by atoms with Crippen LogP contribution in [0.25, 0.3) is 0 Å². The van der Waals surface area contributed by atoms with Crippen molar-refractivity contribution in [2.45, 2.75) is 299 Å². The van der Waals surface area contributed by atoms with Gasteiger partial charge in [-0.3, -0.25) is 0 Å².